The summed E-state index contributed by atoms with van der Waals surface area (Å²) in [6.45, 7) is 2.57. The number of aliphatic carboxylic acids is 1. The molecule has 4 rings (SSSR count). The molecule has 7 nitrogen and oxygen atoms in total. The number of carboxylic acids is 1. The van der Waals surface area contributed by atoms with E-state index in [-0.39, 0.29) is 19.8 Å². The fourth-order valence-electron chi connectivity index (χ4n) is 3.64. The van der Waals surface area contributed by atoms with Crippen molar-refractivity contribution in [2.45, 2.75) is 30.4 Å². The second kappa shape index (κ2) is 9.38. The Kier molecular flexibility index (Phi) is 6.71. The highest BCUT2D eigenvalue weighted by molar-refractivity contribution is 7.91. The summed E-state index contributed by atoms with van der Waals surface area (Å²) < 4.78 is 42.0. The molecule has 33 heavy (non-hydrogen) atoms. The van der Waals surface area contributed by atoms with E-state index in [1.165, 1.54) is 51.5 Å². The van der Waals surface area contributed by atoms with Crippen LogP contribution in [0, 0.1) is 12.7 Å². The first kappa shape index (κ1) is 23.6. The number of benzene rings is 1. The van der Waals surface area contributed by atoms with Gasteiger partial charge in [0.25, 0.3) is 10.0 Å². The Morgan fingerprint density at radius 1 is 1.15 bits per heavy atom. The van der Waals surface area contributed by atoms with Gasteiger partial charge in [0.15, 0.2) is 0 Å². The molecule has 1 aliphatic rings. The van der Waals surface area contributed by atoms with Gasteiger partial charge >= 0.3 is 0 Å². The van der Waals surface area contributed by atoms with Crippen LogP contribution in [0.5, 0.6) is 0 Å². The lowest BCUT2D eigenvalue weighted by Crippen LogP contribution is -2.35. The van der Waals surface area contributed by atoms with Crippen molar-refractivity contribution in [2.24, 2.45) is 0 Å². The Balaban J connectivity index is 1.71. The van der Waals surface area contributed by atoms with Crippen LogP contribution in [0.1, 0.15) is 35.4 Å². The first-order valence-electron chi connectivity index (χ1n) is 10.2. The van der Waals surface area contributed by atoms with Gasteiger partial charge in [-0.3, -0.25) is 0 Å². The molecule has 1 aromatic carbocycles. The maximum atomic E-state index is 13.3. The molecule has 174 valence electrons. The smallest absolute Gasteiger partial charge is 0.252 e. The van der Waals surface area contributed by atoms with E-state index in [4.69, 9.17) is 11.6 Å². The molecule has 0 N–H and O–H groups in total. The minimum absolute atomic E-state index is 0.0800. The highest BCUT2D eigenvalue weighted by atomic mass is 35.5. The monoisotopic (exact) mass is 508 g/mol. The van der Waals surface area contributed by atoms with Crippen LogP contribution in [0.15, 0.2) is 40.6 Å². The number of rotatable bonds is 6. The van der Waals surface area contributed by atoms with Crippen molar-refractivity contribution in [3.8, 4) is 5.69 Å². The number of sulfonamides is 1. The summed E-state index contributed by atoms with van der Waals surface area (Å²) >= 11 is 7.34. The summed E-state index contributed by atoms with van der Waals surface area (Å²) in [5.41, 5.74) is 1.09. The van der Waals surface area contributed by atoms with Crippen LogP contribution in [-0.4, -0.2) is 41.6 Å². The molecular weight excluding hydrogens is 489 g/mol. The molecule has 0 spiro atoms. The van der Waals surface area contributed by atoms with Crippen molar-refractivity contribution < 1.29 is 22.7 Å². The molecule has 3 aromatic rings. The van der Waals surface area contributed by atoms with Crippen LogP contribution in [-0.2, 0) is 14.8 Å². The van der Waals surface area contributed by atoms with E-state index in [1.807, 2.05) is 0 Å². The quantitative estimate of drug-likeness (QED) is 0.475. The number of hydrogen-bond acceptors (Lipinski definition) is 6. The molecule has 0 unspecified atom stereocenters. The summed E-state index contributed by atoms with van der Waals surface area (Å²) in [5.74, 6) is -1.88. The van der Waals surface area contributed by atoms with Gasteiger partial charge in [0.2, 0.25) is 0 Å². The molecule has 0 saturated carbocycles. The first-order chi connectivity index (χ1) is 15.7. The van der Waals surface area contributed by atoms with Crippen molar-refractivity contribution in [1.29, 1.82) is 0 Å². The largest absolute Gasteiger partial charge is 0.545 e. The fourth-order valence-corrected chi connectivity index (χ4v) is 6.95. The van der Waals surface area contributed by atoms with Gasteiger partial charge in [-0.1, -0.05) is 18.0 Å². The average molecular weight is 509 g/mol. The lowest BCUT2D eigenvalue weighted by Gasteiger charge is -2.25. The lowest BCUT2D eigenvalue weighted by atomic mass is 10.1. The number of piperidine rings is 1. The zero-order valence-electron chi connectivity index (χ0n) is 17.6. The van der Waals surface area contributed by atoms with Crippen molar-refractivity contribution >= 4 is 50.6 Å². The van der Waals surface area contributed by atoms with Crippen molar-refractivity contribution in [2.75, 3.05) is 13.1 Å². The third-order valence-corrected chi connectivity index (χ3v) is 9.23. The molecule has 0 atom stereocenters. The average Bonchev–Trinajstić information content (AvgIpc) is 3.39. The van der Waals surface area contributed by atoms with Crippen LogP contribution in [0.4, 0.5) is 4.39 Å². The minimum atomic E-state index is -3.69. The Labute approximate surface area is 199 Å². The number of carbonyl (C=O) groups is 1. The van der Waals surface area contributed by atoms with Crippen LogP contribution >= 0.6 is 22.9 Å². The fraction of sp³-hybridized carbons (Fsp3) is 0.273. The zero-order valence-corrected chi connectivity index (χ0v) is 20.0. The van der Waals surface area contributed by atoms with Gasteiger partial charge in [-0.05, 0) is 62.2 Å². The van der Waals surface area contributed by atoms with E-state index in [1.54, 1.807) is 6.92 Å². The number of hydrogen-bond donors (Lipinski definition) is 0. The SMILES string of the molecule is Cc1nn(-c2ccc(F)cc2)c(Cl)c1/C=C(/C(=O)[O-])c1ccc(S(=O)(=O)N2CCCCC2)s1. The maximum absolute atomic E-state index is 13.3. The van der Waals surface area contributed by atoms with Crippen LogP contribution in [0.2, 0.25) is 5.15 Å². The summed E-state index contributed by atoms with van der Waals surface area (Å²) in [6, 6.07) is 8.39. The molecule has 0 radical (unpaired) electrons. The van der Waals surface area contributed by atoms with Gasteiger partial charge in [-0.15, -0.1) is 11.3 Å². The molecule has 1 aliphatic heterocycles. The van der Waals surface area contributed by atoms with Crippen LogP contribution in [0.25, 0.3) is 17.3 Å². The zero-order chi connectivity index (χ0) is 23.8. The van der Waals surface area contributed by atoms with Gasteiger partial charge in [0, 0.05) is 29.1 Å². The van der Waals surface area contributed by atoms with E-state index < -0.39 is 21.8 Å². The second-order valence-corrected chi connectivity index (χ2v) is 11.2. The van der Waals surface area contributed by atoms with Gasteiger partial charge in [-0.2, -0.15) is 9.40 Å². The lowest BCUT2D eigenvalue weighted by molar-refractivity contribution is -0.295. The third-order valence-electron chi connectivity index (χ3n) is 5.38. The molecule has 0 amide bonds. The van der Waals surface area contributed by atoms with E-state index in [9.17, 15) is 22.7 Å². The number of carbonyl (C=O) groups excluding carboxylic acids is 1. The third kappa shape index (κ3) is 4.74. The molecule has 2 aromatic heterocycles. The normalized spacial score (nSPS) is 15.7. The number of carboxylic acid groups (broad SMARTS) is 1. The molecular formula is C22H20ClFN3O4S2-. The first-order valence-corrected chi connectivity index (χ1v) is 12.9. The Bertz CT molecular complexity index is 1320. The topological polar surface area (TPSA) is 95.3 Å². The summed E-state index contributed by atoms with van der Waals surface area (Å²) in [5, 5.41) is 16.4. The maximum Gasteiger partial charge on any atom is 0.252 e. The van der Waals surface area contributed by atoms with Gasteiger partial charge in [-0.25, -0.2) is 17.5 Å². The Morgan fingerprint density at radius 3 is 2.45 bits per heavy atom. The highest BCUT2D eigenvalue weighted by Gasteiger charge is 2.28. The molecule has 1 saturated heterocycles. The summed E-state index contributed by atoms with van der Waals surface area (Å²) in [4.78, 5) is 12.2. The number of thiophene rings is 1. The van der Waals surface area contributed by atoms with E-state index >= 15 is 0 Å². The molecule has 0 aliphatic carbocycles. The number of halogens is 2. The van der Waals surface area contributed by atoms with Gasteiger partial charge < -0.3 is 9.90 Å². The number of nitrogens with zero attached hydrogens (tertiary/aromatic N) is 3. The highest BCUT2D eigenvalue weighted by Crippen LogP contribution is 2.33. The predicted octanol–water partition coefficient (Wildman–Crippen LogP) is 3.50. The number of aryl methyl sites for hydroxylation is 1. The molecule has 3 heterocycles. The number of aromatic nitrogens is 2. The van der Waals surface area contributed by atoms with Gasteiger partial charge in [0.05, 0.1) is 17.4 Å². The molecule has 1 fully saturated rings. The minimum Gasteiger partial charge on any atom is -0.545 e. The standard InChI is InChI=1S/C22H21ClFN3O4S2/c1-14-17(21(23)27(25-14)16-7-5-15(24)6-8-16)13-18(22(28)29)19-9-10-20(32-19)33(30,31)26-11-3-2-4-12-26/h5-10,13H,2-4,11-12H2,1H3,(H,28,29)/p-1/b18-13+. The molecule has 0 bridgehead atoms. The predicted molar refractivity (Wildman–Crippen MR) is 123 cm³/mol. The van der Waals surface area contributed by atoms with Crippen molar-refractivity contribution in [3.63, 3.8) is 0 Å². The summed E-state index contributed by atoms with van der Waals surface area (Å²) in [7, 11) is -3.69. The van der Waals surface area contributed by atoms with Crippen LogP contribution < -0.4 is 5.11 Å². The van der Waals surface area contributed by atoms with E-state index in [0.29, 0.717) is 30.0 Å². The van der Waals surface area contributed by atoms with Crippen molar-refractivity contribution in [1.82, 2.24) is 14.1 Å². The second-order valence-electron chi connectivity index (χ2n) is 7.61. The van der Waals surface area contributed by atoms with Gasteiger partial charge in [0.1, 0.15) is 15.2 Å². The Hall–Kier alpha value is -2.53. The van der Waals surface area contributed by atoms with Crippen LogP contribution in [0.3, 0.4) is 0 Å². The van der Waals surface area contributed by atoms with E-state index in [2.05, 4.69) is 5.10 Å². The van der Waals surface area contributed by atoms with E-state index in [0.717, 1.165) is 30.6 Å². The summed E-state index contributed by atoms with van der Waals surface area (Å²) in [6.07, 6.45) is 3.92. The Morgan fingerprint density at radius 2 is 1.82 bits per heavy atom. The molecule has 11 heteroatoms. The van der Waals surface area contributed by atoms with Crippen molar-refractivity contribution in [3.05, 3.63) is 63.5 Å².